The molecular weight excluding hydrogens is 440 g/mol. The first-order valence-electron chi connectivity index (χ1n) is 11.3. The number of hydrogen-bond donors (Lipinski definition) is 2. The number of nitrogens with zero attached hydrogens (tertiary/aromatic N) is 4. The molecule has 8 nitrogen and oxygen atoms in total. The van der Waals surface area contributed by atoms with E-state index in [0.29, 0.717) is 28.5 Å². The van der Waals surface area contributed by atoms with Crippen LogP contribution in [0.1, 0.15) is 42.3 Å². The van der Waals surface area contributed by atoms with Crippen molar-refractivity contribution in [3.05, 3.63) is 94.2 Å². The van der Waals surface area contributed by atoms with Gasteiger partial charge < -0.3 is 10.6 Å². The molecule has 4 rings (SSSR count). The Bertz CT molecular complexity index is 1420. The average molecular weight is 469 g/mol. The number of hydrogen-bond acceptors (Lipinski definition) is 6. The summed E-state index contributed by atoms with van der Waals surface area (Å²) in [7, 11) is 1.60. The van der Waals surface area contributed by atoms with Crippen LogP contribution in [0.2, 0.25) is 0 Å². The molecule has 0 aliphatic rings. The maximum atomic E-state index is 12.9. The second kappa shape index (κ2) is 9.50. The molecule has 35 heavy (non-hydrogen) atoms. The highest BCUT2D eigenvalue weighted by atomic mass is 16.1. The molecule has 0 saturated heterocycles. The molecule has 0 spiro atoms. The molecule has 1 amide bonds. The van der Waals surface area contributed by atoms with E-state index in [-0.39, 0.29) is 16.9 Å². The maximum Gasteiger partial charge on any atom is 0.290 e. The largest absolute Gasteiger partial charge is 0.336 e. The Balaban J connectivity index is 1.63. The SMILES string of the molecule is Cc1c(NC(=O)c2ccc(C(C)(C)C)cc2)cccc1-c1cc(Nc2ccncn2)c(=O)n(C)n1. The predicted molar refractivity (Wildman–Crippen MR) is 138 cm³/mol. The molecule has 0 aliphatic carbocycles. The van der Waals surface area contributed by atoms with Crippen LogP contribution < -0.4 is 16.2 Å². The third-order valence-electron chi connectivity index (χ3n) is 5.78. The summed E-state index contributed by atoms with van der Waals surface area (Å²) in [6.45, 7) is 8.33. The van der Waals surface area contributed by atoms with E-state index in [4.69, 9.17) is 0 Å². The normalized spacial score (nSPS) is 11.2. The first kappa shape index (κ1) is 23.8. The molecule has 2 heterocycles. The lowest BCUT2D eigenvalue weighted by atomic mass is 9.86. The lowest BCUT2D eigenvalue weighted by Gasteiger charge is -2.19. The summed E-state index contributed by atoms with van der Waals surface area (Å²) in [4.78, 5) is 33.6. The second-order valence-corrected chi connectivity index (χ2v) is 9.35. The number of nitrogens with one attached hydrogen (secondary N) is 2. The summed E-state index contributed by atoms with van der Waals surface area (Å²) in [5, 5.41) is 10.5. The van der Waals surface area contributed by atoms with E-state index >= 15 is 0 Å². The zero-order chi connectivity index (χ0) is 25.2. The monoisotopic (exact) mass is 468 g/mol. The van der Waals surface area contributed by atoms with Crippen molar-refractivity contribution >= 4 is 23.1 Å². The zero-order valence-electron chi connectivity index (χ0n) is 20.5. The minimum atomic E-state index is -0.284. The summed E-state index contributed by atoms with van der Waals surface area (Å²) in [5.74, 6) is 0.315. The number of aromatic nitrogens is 4. The fourth-order valence-corrected chi connectivity index (χ4v) is 3.70. The van der Waals surface area contributed by atoms with Crippen LogP contribution in [0.5, 0.6) is 0 Å². The van der Waals surface area contributed by atoms with E-state index in [0.717, 1.165) is 11.1 Å². The van der Waals surface area contributed by atoms with E-state index in [9.17, 15) is 9.59 Å². The van der Waals surface area contributed by atoms with Crippen LogP contribution in [0, 0.1) is 6.92 Å². The molecule has 4 aromatic rings. The van der Waals surface area contributed by atoms with Crippen LogP contribution in [0.3, 0.4) is 0 Å². The van der Waals surface area contributed by atoms with Gasteiger partial charge in [-0.15, -0.1) is 0 Å². The fourth-order valence-electron chi connectivity index (χ4n) is 3.70. The van der Waals surface area contributed by atoms with Crippen LogP contribution in [0.4, 0.5) is 17.2 Å². The van der Waals surface area contributed by atoms with Gasteiger partial charge in [-0.2, -0.15) is 5.10 Å². The van der Waals surface area contributed by atoms with E-state index in [1.807, 2.05) is 49.4 Å². The topological polar surface area (TPSA) is 102 Å². The summed E-state index contributed by atoms with van der Waals surface area (Å²) >= 11 is 0. The Morgan fingerprint density at radius 2 is 1.74 bits per heavy atom. The van der Waals surface area contributed by atoms with Crippen LogP contribution in [0.15, 0.2) is 71.9 Å². The number of carbonyl (C=O) groups excluding carboxylic acids is 1. The van der Waals surface area contributed by atoms with Crippen molar-refractivity contribution in [2.45, 2.75) is 33.1 Å². The maximum absolute atomic E-state index is 12.9. The van der Waals surface area contributed by atoms with Gasteiger partial charge >= 0.3 is 0 Å². The number of benzene rings is 2. The Hall–Kier alpha value is -4.33. The number of carbonyl (C=O) groups is 1. The minimum Gasteiger partial charge on any atom is -0.336 e. The van der Waals surface area contributed by atoms with Gasteiger partial charge in [-0.25, -0.2) is 14.6 Å². The Labute approximate surface area is 204 Å². The lowest BCUT2D eigenvalue weighted by molar-refractivity contribution is 0.102. The molecule has 2 aromatic carbocycles. The average Bonchev–Trinajstić information content (AvgIpc) is 2.83. The van der Waals surface area contributed by atoms with Crippen molar-refractivity contribution in [1.82, 2.24) is 19.7 Å². The van der Waals surface area contributed by atoms with Gasteiger partial charge in [-0.05, 0) is 53.8 Å². The smallest absolute Gasteiger partial charge is 0.290 e. The van der Waals surface area contributed by atoms with Gasteiger partial charge in [0.15, 0.2) is 0 Å². The van der Waals surface area contributed by atoms with Gasteiger partial charge in [0.1, 0.15) is 17.8 Å². The lowest BCUT2D eigenvalue weighted by Crippen LogP contribution is -2.23. The van der Waals surface area contributed by atoms with Crippen LogP contribution in [-0.4, -0.2) is 25.7 Å². The number of aryl methyl sites for hydroxylation is 1. The predicted octanol–water partition coefficient (Wildman–Crippen LogP) is 4.84. The van der Waals surface area contributed by atoms with E-state index in [1.165, 1.54) is 16.6 Å². The molecular formula is C27H28N6O2. The highest BCUT2D eigenvalue weighted by Gasteiger charge is 2.16. The third kappa shape index (κ3) is 5.27. The number of amides is 1. The first-order valence-corrected chi connectivity index (χ1v) is 11.3. The summed E-state index contributed by atoms with van der Waals surface area (Å²) < 4.78 is 1.28. The third-order valence-corrected chi connectivity index (χ3v) is 5.78. The van der Waals surface area contributed by atoms with E-state index in [1.54, 1.807) is 25.4 Å². The first-order chi connectivity index (χ1) is 16.6. The van der Waals surface area contributed by atoms with Gasteiger partial charge in [0.25, 0.3) is 11.5 Å². The molecule has 0 fully saturated rings. The van der Waals surface area contributed by atoms with Crippen molar-refractivity contribution in [1.29, 1.82) is 0 Å². The van der Waals surface area contributed by atoms with E-state index in [2.05, 4.69) is 46.5 Å². The zero-order valence-corrected chi connectivity index (χ0v) is 20.5. The Morgan fingerprint density at radius 1 is 1.00 bits per heavy atom. The van der Waals surface area contributed by atoms with Crippen molar-refractivity contribution in [3.63, 3.8) is 0 Å². The highest BCUT2D eigenvalue weighted by molar-refractivity contribution is 6.05. The van der Waals surface area contributed by atoms with Crippen LogP contribution in [-0.2, 0) is 12.5 Å². The molecule has 0 saturated carbocycles. The van der Waals surface area contributed by atoms with Gasteiger partial charge in [0, 0.05) is 30.1 Å². The van der Waals surface area contributed by atoms with Gasteiger partial charge in [0.05, 0.1) is 5.69 Å². The van der Waals surface area contributed by atoms with Crippen molar-refractivity contribution < 1.29 is 4.79 Å². The Morgan fingerprint density at radius 3 is 2.40 bits per heavy atom. The standard InChI is InChI=1S/C27H28N6O2/c1-17-20(22-15-23(26(35)33(5)32-22)30-24-13-14-28-16-29-24)7-6-8-21(17)31-25(34)18-9-11-19(12-10-18)27(2,3)4/h6-16H,1-5H3,(H,31,34)(H,28,29,30). The molecule has 0 bridgehead atoms. The molecule has 0 aliphatic heterocycles. The summed E-state index contributed by atoms with van der Waals surface area (Å²) in [6.07, 6.45) is 3.00. The number of rotatable bonds is 5. The van der Waals surface area contributed by atoms with Crippen LogP contribution >= 0.6 is 0 Å². The second-order valence-electron chi connectivity index (χ2n) is 9.35. The van der Waals surface area contributed by atoms with Crippen molar-refractivity contribution in [3.8, 4) is 11.3 Å². The molecule has 178 valence electrons. The van der Waals surface area contributed by atoms with Crippen LogP contribution in [0.25, 0.3) is 11.3 Å². The molecule has 0 atom stereocenters. The fraction of sp³-hybridized carbons (Fsp3) is 0.222. The molecule has 2 N–H and O–H groups in total. The van der Waals surface area contributed by atoms with Gasteiger partial charge in [-0.1, -0.05) is 45.0 Å². The summed E-state index contributed by atoms with van der Waals surface area (Å²) in [5.41, 5.74) is 4.72. The molecule has 0 radical (unpaired) electrons. The molecule has 2 aromatic heterocycles. The summed E-state index contributed by atoms with van der Waals surface area (Å²) in [6, 6.07) is 16.6. The van der Waals surface area contributed by atoms with Gasteiger partial charge in [0.2, 0.25) is 0 Å². The highest BCUT2D eigenvalue weighted by Crippen LogP contribution is 2.29. The quantitative estimate of drug-likeness (QED) is 0.435. The van der Waals surface area contributed by atoms with E-state index < -0.39 is 0 Å². The van der Waals surface area contributed by atoms with Crippen molar-refractivity contribution in [2.24, 2.45) is 7.05 Å². The molecule has 8 heteroatoms. The van der Waals surface area contributed by atoms with Gasteiger partial charge in [-0.3, -0.25) is 9.59 Å². The van der Waals surface area contributed by atoms with Crippen molar-refractivity contribution in [2.75, 3.05) is 10.6 Å². The minimum absolute atomic E-state index is 0.0177. The molecule has 0 unspecified atom stereocenters. The Kier molecular flexibility index (Phi) is 6.46. The number of anilines is 3.